The van der Waals surface area contributed by atoms with E-state index in [0.29, 0.717) is 0 Å². The van der Waals surface area contributed by atoms with E-state index in [2.05, 4.69) is 5.32 Å². The Morgan fingerprint density at radius 1 is 1.38 bits per heavy atom. The van der Waals surface area contributed by atoms with Gasteiger partial charge in [0.05, 0.1) is 27.8 Å². The third-order valence-corrected chi connectivity index (χ3v) is 2.89. The molecule has 1 aromatic rings. The van der Waals surface area contributed by atoms with E-state index in [1.54, 1.807) is 6.07 Å². The average molecular weight is 337 g/mol. The van der Waals surface area contributed by atoms with Gasteiger partial charge in [-0.25, -0.2) is 0 Å². The summed E-state index contributed by atoms with van der Waals surface area (Å²) < 4.78 is 37.7. The average Bonchev–Trinajstić information content (AvgIpc) is 2.36. The first-order valence-corrected chi connectivity index (χ1v) is 6.15. The topological polar surface area (TPSA) is 85.7 Å². The lowest BCUT2D eigenvalue weighted by Gasteiger charge is -2.14. The van der Waals surface area contributed by atoms with Crippen molar-refractivity contribution in [3.63, 3.8) is 0 Å². The molecule has 0 fully saturated rings. The van der Waals surface area contributed by atoms with Crippen LogP contribution in [0.15, 0.2) is 23.9 Å². The zero-order valence-corrected chi connectivity index (χ0v) is 11.9. The van der Waals surface area contributed by atoms with Gasteiger partial charge in [0, 0.05) is 5.70 Å². The smallest absolute Gasteiger partial charge is 0.401 e. The molecule has 0 spiro atoms. The number of hydrogen-bond donors (Lipinski definition) is 3. The van der Waals surface area contributed by atoms with Crippen molar-refractivity contribution in [2.24, 2.45) is 5.73 Å². The van der Waals surface area contributed by atoms with Crippen molar-refractivity contribution in [1.29, 1.82) is 10.7 Å². The van der Waals surface area contributed by atoms with Gasteiger partial charge in [-0.1, -0.05) is 23.2 Å². The lowest BCUT2D eigenvalue weighted by Crippen LogP contribution is -2.14. The van der Waals surface area contributed by atoms with Crippen LogP contribution >= 0.6 is 23.2 Å². The highest BCUT2D eigenvalue weighted by Crippen LogP contribution is 2.38. The molecular weight excluding hydrogens is 328 g/mol. The molecule has 0 atom stereocenters. The zero-order chi connectivity index (χ0) is 16.2. The van der Waals surface area contributed by atoms with Crippen LogP contribution in [0, 0.1) is 16.7 Å². The Kier molecular flexibility index (Phi) is 5.47. The predicted molar refractivity (Wildman–Crippen MR) is 75.6 cm³/mol. The fourth-order valence-electron chi connectivity index (χ4n) is 1.36. The third-order valence-electron chi connectivity index (χ3n) is 2.29. The first-order valence-electron chi connectivity index (χ1n) is 5.40. The van der Waals surface area contributed by atoms with E-state index in [1.165, 1.54) is 0 Å². The molecular formula is C12H9Cl2F3N4. The van der Waals surface area contributed by atoms with Crippen molar-refractivity contribution in [2.45, 2.75) is 6.18 Å². The van der Waals surface area contributed by atoms with Gasteiger partial charge >= 0.3 is 6.18 Å². The van der Waals surface area contributed by atoms with Crippen LogP contribution in [0.25, 0.3) is 0 Å². The molecule has 0 radical (unpaired) electrons. The first-order chi connectivity index (χ1) is 9.65. The van der Waals surface area contributed by atoms with Gasteiger partial charge in [0.2, 0.25) is 0 Å². The van der Waals surface area contributed by atoms with Gasteiger partial charge in [-0.15, -0.1) is 0 Å². The van der Waals surface area contributed by atoms with Gasteiger partial charge in [0.15, 0.2) is 0 Å². The fraction of sp³-hybridized carbons (Fsp3) is 0.167. The van der Waals surface area contributed by atoms with Crippen LogP contribution in [0.5, 0.6) is 0 Å². The molecule has 0 aromatic heterocycles. The van der Waals surface area contributed by atoms with Gasteiger partial charge in [-0.3, -0.25) is 5.41 Å². The van der Waals surface area contributed by atoms with Crippen LogP contribution < -0.4 is 11.1 Å². The first kappa shape index (κ1) is 17.1. The van der Waals surface area contributed by atoms with E-state index < -0.39 is 11.7 Å². The van der Waals surface area contributed by atoms with E-state index in [4.69, 9.17) is 39.6 Å². The largest absolute Gasteiger partial charge is 0.416 e. The molecule has 0 unspecified atom stereocenters. The molecule has 0 aliphatic rings. The summed E-state index contributed by atoms with van der Waals surface area (Å²) >= 11 is 11.5. The second-order valence-corrected chi connectivity index (χ2v) is 4.73. The van der Waals surface area contributed by atoms with Gasteiger partial charge in [-0.05, 0) is 18.2 Å². The molecule has 4 nitrogen and oxygen atoms in total. The molecule has 21 heavy (non-hydrogen) atoms. The summed E-state index contributed by atoms with van der Waals surface area (Å²) in [5.74, 6) is 0. The van der Waals surface area contributed by atoms with Gasteiger partial charge < -0.3 is 11.1 Å². The van der Waals surface area contributed by atoms with Crippen molar-refractivity contribution < 1.29 is 13.2 Å². The number of rotatable bonds is 4. The van der Waals surface area contributed by atoms with E-state index >= 15 is 0 Å². The Hall–Kier alpha value is -1.91. The maximum absolute atomic E-state index is 12.6. The number of nitriles is 1. The molecule has 112 valence electrons. The molecule has 0 amide bonds. The Morgan fingerprint density at radius 3 is 2.33 bits per heavy atom. The second-order valence-electron chi connectivity index (χ2n) is 3.91. The summed E-state index contributed by atoms with van der Waals surface area (Å²) in [4.78, 5) is 0. The molecule has 9 heteroatoms. The zero-order valence-electron chi connectivity index (χ0n) is 10.4. The SMILES string of the molecule is N#CC(=N)C=C(N)CNc1c(Cl)cc(C(F)(F)F)cc1Cl. The van der Waals surface area contributed by atoms with Crippen molar-refractivity contribution >= 4 is 34.6 Å². The highest BCUT2D eigenvalue weighted by Gasteiger charge is 2.31. The van der Waals surface area contributed by atoms with Crippen LogP contribution in [0.2, 0.25) is 10.0 Å². The minimum absolute atomic E-state index is 0.0329. The molecule has 0 aliphatic carbocycles. The van der Waals surface area contributed by atoms with Crippen LogP contribution in [0.3, 0.4) is 0 Å². The predicted octanol–water partition coefficient (Wildman–Crippen LogP) is 3.81. The lowest BCUT2D eigenvalue weighted by molar-refractivity contribution is -0.137. The van der Waals surface area contributed by atoms with Crippen LogP contribution in [0.1, 0.15) is 5.56 Å². The molecule has 0 saturated carbocycles. The maximum Gasteiger partial charge on any atom is 0.416 e. The van der Waals surface area contributed by atoms with Crippen molar-refractivity contribution in [2.75, 3.05) is 11.9 Å². The number of nitrogens with one attached hydrogen (secondary N) is 2. The van der Waals surface area contributed by atoms with E-state index in [9.17, 15) is 13.2 Å². The fourth-order valence-corrected chi connectivity index (χ4v) is 1.99. The summed E-state index contributed by atoms with van der Waals surface area (Å²) in [5, 5.41) is 17.8. The van der Waals surface area contributed by atoms with Crippen LogP contribution in [-0.4, -0.2) is 12.3 Å². The number of allylic oxidation sites excluding steroid dienone is 1. The molecule has 0 aliphatic heterocycles. The standard InChI is InChI=1S/C12H9Cl2F3N4/c13-9-1-6(12(15,16)17)2-10(14)11(9)21-5-8(20)3-7(19)4-18/h1-3,19,21H,5,20H2. The van der Waals surface area contributed by atoms with Crippen molar-refractivity contribution in [3.8, 4) is 6.07 Å². The minimum atomic E-state index is -4.55. The highest BCUT2D eigenvalue weighted by molar-refractivity contribution is 6.39. The summed E-state index contributed by atoms with van der Waals surface area (Å²) in [6, 6.07) is 3.05. The maximum atomic E-state index is 12.6. The second kappa shape index (κ2) is 6.70. The summed E-state index contributed by atoms with van der Waals surface area (Å²) in [6.45, 7) is -0.0329. The lowest BCUT2D eigenvalue weighted by atomic mass is 10.2. The van der Waals surface area contributed by atoms with E-state index in [1.807, 2.05) is 0 Å². The number of benzene rings is 1. The molecule has 1 rings (SSSR count). The Labute approximate surface area is 128 Å². The number of halogens is 5. The molecule has 1 aromatic carbocycles. The Morgan fingerprint density at radius 2 is 1.90 bits per heavy atom. The summed E-state index contributed by atoms with van der Waals surface area (Å²) in [6.07, 6.45) is -3.44. The summed E-state index contributed by atoms with van der Waals surface area (Å²) in [7, 11) is 0. The highest BCUT2D eigenvalue weighted by atomic mass is 35.5. The van der Waals surface area contributed by atoms with Gasteiger partial charge in [0.1, 0.15) is 11.8 Å². The van der Waals surface area contributed by atoms with Gasteiger partial charge in [0.25, 0.3) is 0 Å². The number of nitrogens with two attached hydrogens (primary N) is 1. The van der Waals surface area contributed by atoms with Crippen molar-refractivity contribution in [3.05, 3.63) is 39.5 Å². The number of nitrogens with zero attached hydrogens (tertiary/aromatic N) is 1. The molecule has 0 heterocycles. The minimum Gasteiger partial charge on any atom is -0.401 e. The third kappa shape index (κ3) is 4.85. The Bertz CT molecular complexity index is 609. The number of alkyl halides is 3. The molecule has 4 N–H and O–H groups in total. The van der Waals surface area contributed by atoms with Crippen molar-refractivity contribution in [1.82, 2.24) is 0 Å². The summed E-state index contributed by atoms with van der Waals surface area (Å²) in [5.41, 5.74) is 4.45. The molecule has 0 saturated heterocycles. The monoisotopic (exact) mass is 336 g/mol. The quantitative estimate of drug-likeness (QED) is 0.730. The van der Waals surface area contributed by atoms with Crippen LogP contribution in [-0.2, 0) is 6.18 Å². The number of hydrogen-bond acceptors (Lipinski definition) is 4. The normalized spacial score (nSPS) is 11.9. The van der Waals surface area contributed by atoms with Crippen LogP contribution in [0.4, 0.5) is 18.9 Å². The van der Waals surface area contributed by atoms with E-state index in [0.717, 1.165) is 18.2 Å². The van der Waals surface area contributed by atoms with E-state index in [-0.39, 0.29) is 33.7 Å². The Balaban J connectivity index is 2.94. The molecule has 0 bridgehead atoms. The number of anilines is 1. The van der Waals surface area contributed by atoms with Gasteiger partial charge in [-0.2, -0.15) is 18.4 Å².